The number of nitrogens with zero attached hydrogens (tertiary/aromatic N) is 7. The largest absolute Gasteiger partial charge is 0.508 e. The normalized spacial score (nSPS) is 18.3. The fourth-order valence-electron chi connectivity index (χ4n) is 8.23. The number of para-hydroxylation sites is 3. The van der Waals surface area contributed by atoms with E-state index in [0.29, 0.717) is 17.1 Å². The van der Waals surface area contributed by atoms with E-state index in [0.717, 1.165) is 0 Å². The summed E-state index contributed by atoms with van der Waals surface area (Å²) >= 11 is 0. The van der Waals surface area contributed by atoms with Gasteiger partial charge in [-0.25, -0.2) is 29.1 Å². The van der Waals surface area contributed by atoms with E-state index in [4.69, 9.17) is 42.2 Å². The van der Waals surface area contributed by atoms with Crippen LogP contribution in [0.25, 0.3) is 0 Å². The van der Waals surface area contributed by atoms with Gasteiger partial charge in [0.05, 0.1) is 59.5 Å². The molecule has 0 saturated carbocycles. The molecule has 3 unspecified atom stereocenters. The molecule has 74 heavy (non-hydrogen) atoms. The molecule has 6 atom stereocenters. The number of nitro benzene ring substituents is 1. The number of guanidine groups is 1. The zero-order chi connectivity index (χ0) is 52.3. The molecule has 3 aliphatic rings. The number of anilines is 3. The Morgan fingerprint density at radius 2 is 1.61 bits per heavy atom. The minimum atomic E-state index is -1.86. The van der Waals surface area contributed by atoms with Crippen LogP contribution < -0.4 is 29.7 Å². The minimum absolute atomic E-state index is 0.0502. The lowest BCUT2D eigenvalue weighted by Gasteiger charge is -2.37. The number of hydrogen-bond donors (Lipinski definition) is 2. The molecule has 5 aromatic rings. The predicted octanol–water partition coefficient (Wildman–Crippen LogP) is 9.33. The highest BCUT2D eigenvalue weighted by atomic mass is 31.2. The van der Waals surface area contributed by atoms with Gasteiger partial charge in [0.15, 0.2) is 18.1 Å². The van der Waals surface area contributed by atoms with E-state index < -0.39 is 69.0 Å². The third-order valence-corrected chi connectivity index (χ3v) is 13.7. The van der Waals surface area contributed by atoms with Crippen molar-refractivity contribution in [3.05, 3.63) is 131 Å². The predicted molar refractivity (Wildman–Crippen MR) is 266 cm³/mol. The number of amides is 2. The molecule has 0 bridgehead atoms. The van der Waals surface area contributed by atoms with E-state index in [1.165, 1.54) is 30.3 Å². The zero-order valence-corrected chi connectivity index (χ0v) is 41.9. The summed E-state index contributed by atoms with van der Waals surface area (Å²) in [6.07, 6.45) is -5.68. The summed E-state index contributed by atoms with van der Waals surface area (Å²) in [7, 11) is -1.86. The maximum atomic E-state index is 14.4. The molecule has 3 aliphatic heterocycles. The molecule has 24 heteroatoms. The molecular formula is C50H54N9O14P. The first kappa shape index (κ1) is 52.5. The van der Waals surface area contributed by atoms with Gasteiger partial charge in [-0.3, -0.25) is 24.8 Å². The molecule has 0 aliphatic carbocycles. The molecule has 2 N–H and O–H groups in total. The number of aliphatic imine (C=N–C) groups is 1. The van der Waals surface area contributed by atoms with E-state index in [-0.39, 0.29) is 85.2 Å². The number of aromatic nitrogens is 2. The van der Waals surface area contributed by atoms with Crippen LogP contribution in [0.15, 0.2) is 114 Å². The number of fused-ring (bicyclic) bond motifs is 2. The molecule has 8 rings (SSSR count). The average molecular weight is 1040 g/mol. The fourth-order valence-corrected chi connectivity index (χ4v) is 9.99. The van der Waals surface area contributed by atoms with Gasteiger partial charge in [-0.05, 0) is 77.1 Å². The van der Waals surface area contributed by atoms with Gasteiger partial charge >= 0.3 is 12.2 Å². The van der Waals surface area contributed by atoms with Crippen molar-refractivity contribution in [2.24, 2.45) is 4.99 Å². The topological polar surface area (TPSA) is 262 Å². The van der Waals surface area contributed by atoms with Gasteiger partial charge in [0, 0.05) is 18.5 Å². The van der Waals surface area contributed by atoms with E-state index in [2.05, 4.69) is 26.7 Å². The van der Waals surface area contributed by atoms with Crippen LogP contribution in [0.1, 0.15) is 77.3 Å². The van der Waals surface area contributed by atoms with Crippen molar-refractivity contribution in [1.82, 2.24) is 19.5 Å². The average Bonchev–Trinajstić information content (AvgIpc) is 4.14. The molecule has 0 radical (unpaired) electrons. The number of carbonyl (C=O) groups is 3. The van der Waals surface area contributed by atoms with Gasteiger partial charge in [-0.2, -0.15) is 5.26 Å². The molecule has 1 saturated heterocycles. The fraction of sp³-hybridized carbons (Fsp3) is 0.360. The van der Waals surface area contributed by atoms with Crippen molar-refractivity contribution in [3.63, 3.8) is 0 Å². The highest BCUT2D eigenvalue weighted by Gasteiger charge is 2.44. The van der Waals surface area contributed by atoms with Crippen molar-refractivity contribution in [3.8, 4) is 23.3 Å². The summed E-state index contributed by atoms with van der Waals surface area (Å²) in [5.74, 6) is 0.440. The lowest BCUT2D eigenvalue weighted by molar-refractivity contribution is -0.386. The van der Waals surface area contributed by atoms with Gasteiger partial charge < -0.3 is 47.5 Å². The number of nitriles is 1. The van der Waals surface area contributed by atoms with Crippen molar-refractivity contribution >= 4 is 55.5 Å². The van der Waals surface area contributed by atoms with Crippen LogP contribution in [0.4, 0.5) is 32.5 Å². The van der Waals surface area contributed by atoms with Crippen molar-refractivity contribution < 1.29 is 61.5 Å². The smallest absolute Gasteiger partial charge is 0.484 e. The Morgan fingerprint density at radius 3 is 2.24 bits per heavy atom. The lowest BCUT2D eigenvalue weighted by atomic mass is 10.1. The summed E-state index contributed by atoms with van der Waals surface area (Å²) in [6, 6.07) is 31.1. The second-order valence-corrected chi connectivity index (χ2v) is 18.7. The summed E-state index contributed by atoms with van der Waals surface area (Å²) in [4.78, 5) is 63.3. The van der Waals surface area contributed by atoms with E-state index in [1.54, 1.807) is 77.4 Å². The van der Waals surface area contributed by atoms with Crippen LogP contribution >= 0.6 is 8.53 Å². The third-order valence-electron chi connectivity index (χ3n) is 11.5. The Kier molecular flexibility index (Phi) is 17.2. The SMILES string of the molecule is CC(OC(=O)OC[C@H]1O[C@@H](n2cnc3c2NC(NC(=O)COc2ccccc2)=NC3OC(=O)N(c2ccccc2)c2ccccc2)C[C@@H]1OP(OCCC#N)N(C(C)C)C(C)C)c1cc2c(cc1[N+](=O)[O-])OCO2. The Morgan fingerprint density at radius 1 is 0.959 bits per heavy atom. The standard InChI is InChI=1S/C50H54N9O14P/c1-31(2)58(32(3)4)74(69-23-15-22-51)73-41-26-44(71-42(41)27-66-50(62)70-33(5)37-24-39-40(68-30-67-39)25-38(37)59(63)64)56-29-52-45-46(56)54-48(53-43(60)28-65-36-20-13-8-14-21-36)55-47(45)72-49(61)57(34-16-9-6-10-17-34)35-18-11-7-12-19-35/h6-14,16-21,24-25,29,31-33,41-42,44,47H,15,23,26-28,30H2,1-5H3,(H2,53,54,55,60)/t33?,41-,42+,44+,47?,74?/m0/s1. The monoisotopic (exact) mass is 1040 g/mol. The van der Waals surface area contributed by atoms with Crippen molar-refractivity contribution in [1.29, 1.82) is 5.26 Å². The van der Waals surface area contributed by atoms with Crippen LogP contribution in [0.5, 0.6) is 17.2 Å². The summed E-state index contributed by atoms with van der Waals surface area (Å²) in [6.45, 7) is 8.53. The molecule has 23 nitrogen and oxygen atoms in total. The van der Waals surface area contributed by atoms with E-state index in [1.807, 2.05) is 50.6 Å². The molecule has 0 spiro atoms. The second-order valence-electron chi connectivity index (χ2n) is 17.3. The highest BCUT2D eigenvalue weighted by Crippen LogP contribution is 2.51. The number of carbonyl (C=O) groups excluding carboxylic acids is 3. The van der Waals surface area contributed by atoms with Gasteiger partial charge in [-0.1, -0.05) is 54.6 Å². The van der Waals surface area contributed by atoms with Crippen LogP contribution in [-0.2, 0) is 32.8 Å². The van der Waals surface area contributed by atoms with Crippen molar-refractivity contribution in [2.75, 3.05) is 36.8 Å². The molecule has 1 fully saturated rings. The Hall–Kier alpha value is -7.87. The van der Waals surface area contributed by atoms with Gasteiger partial charge in [0.25, 0.3) is 20.1 Å². The van der Waals surface area contributed by atoms with Crippen LogP contribution in [0, 0.1) is 21.4 Å². The first-order chi connectivity index (χ1) is 35.8. The quantitative estimate of drug-likeness (QED) is 0.0242. The van der Waals surface area contributed by atoms with Gasteiger partial charge in [0.1, 0.15) is 42.3 Å². The number of nitrogens with one attached hydrogen (secondary N) is 2. The third kappa shape index (κ3) is 12.7. The maximum Gasteiger partial charge on any atom is 0.508 e. The minimum Gasteiger partial charge on any atom is -0.484 e. The zero-order valence-electron chi connectivity index (χ0n) is 41.0. The Labute approximate surface area is 426 Å². The van der Waals surface area contributed by atoms with Crippen molar-refractivity contribution in [2.45, 2.75) is 90.3 Å². The molecule has 4 heterocycles. The van der Waals surface area contributed by atoms with E-state index >= 15 is 0 Å². The van der Waals surface area contributed by atoms with Gasteiger partial charge in [0.2, 0.25) is 19.0 Å². The van der Waals surface area contributed by atoms with Gasteiger partial charge in [-0.15, -0.1) is 0 Å². The highest BCUT2D eigenvalue weighted by molar-refractivity contribution is 7.44. The van der Waals surface area contributed by atoms with Crippen LogP contribution in [0.2, 0.25) is 0 Å². The number of imidazole rings is 1. The summed E-state index contributed by atoms with van der Waals surface area (Å²) < 4.78 is 57.1. The molecular weight excluding hydrogens is 982 g/mol. The maximum absolute atomic E-state index is 14.4. The number of rotatable bonds is 20. The molecule has 1 aromatic heterocycles. The summed E-state index contributed by atoms with van der Waals surface area (Å²) in [5.41, 5.74) is 0.878. The van der Waals surface area contributed by atoms with Crippen LogP contribution in [-0.4, -0.2) is 94.2 Å². The number of benzene rings is 4. The summed E-state index contributed by atoms with van der Waals surface area (Å²) in [5, 5.41) is 27.3. The lowest BCUT2D eigenvalue weighted by Crippen LogP contribution is -2.42. The molecule has 4 aromatic carbocycles. The van der Waals surface area contributed by atoms with E-state index in [9.17, 15) is 29.8 Å². The van der Waals surface area contributed by atoms with Crippen LogP contribution in [0.3, 0.4) is 0 Å². The second kappa shape index (κ2) is 24.2. The first-order valence-electron chi connectivity index (χ1n) is 23.6. The molecule has 388 valence electrons. The molecule has 2 amide bonds. The Bertz CT molecular complexity index is 2790. The number of nitro groups is 1. The number of hydrogen-bond acceptors (Lipinski definition) is 19. The number of ether oxygens (including phenoxy) is 7. The first-order valence-corrected chi connectivity index (χ1v) is 24.7. The Balaban J connectivity index is 1.08.